The van der Waals surface area contributed by atoms with Crippen molar-refractivity contribution in [3.63, 3.8) is 0 Å². The van der Waals surface area contributed by atoms with Gasteiger partial charge in [0.1, 0.15) is 11.8 Å². The first kappa shape index (κ1) is 14.0. The molecule has 1 heterocycles. The summed E-state index contributed by atoms with van der Waals surface area (Å²) in [5, 5.41) is 15.6. The van der Waals surface area contributed by atoms with Crippen LogP contribution in [0.15, 0.2) is 28.8 Å². The van der Waals surface area contributed by atoms with Crippen molar-refractivity contribution in [1.82, 2.24) is 15.5 Å². The van der Waals surface area contributed by atoms with Gasteiger partial charge in [-0.2, -0.15) is 10.2 Å². The number of aryl methyl sites for hydroxylation is 1. The Balaban J connectivity index is 1.80. The van der Waals surface area contributed by atoms with Gasteiger partial charge in [0, 0.05) is 25.1 Å². The van der Waals surface area contributed by atoms with Gasteiger partial charge in [-0.05, 0) is 13.0 Å². The van der Waals surface area contributed by atoms with Crippen LogP contribution >= 0.6 is 0 Å². The maximum Gasteiger partial charge on any atom is 0.227 e. The number of ether oxygens (including phenoxy) is 1. The highest BCUT2D eigenvalue weighted by Crippen LogP contribution is 2.17. The standard InChI is InChI=1S/C14H16N4O2/c1-11-17-14(20-18-11)6-8-16-10-12-4-2-3-5-13(12)19-9-7-15/h2-5,16H,6,8-10H2,1H3. The van der Waals surface area contributed by atoms with Crippen molar-refractivity contribution in [2.75, 3.05) is 13.2 Å². The third-order valence-electron chi connectivity index (χ3n) is 2.67. The molecule has 2 rings (SSSR count). The van der Waals surface area contributed by atoms with Gasteiger partial charge < -0.3 is 14.6 Å². The number of benzene rings is 1. The molecule has 0 amide bonds. The monoisotopic (exact) mass is 272 g/mol. The SMILES string of the molecule is Cc1noc(CCNCc2ccccc2OCC#N)n1. The van der Waals surface area contributed by atoms with E-state index in [1.54, 1.807) is 6.92 Å². The summed E-state index contributed by atoms with van der Waals surface area (Å²) in [7, 11) is 0. The van der Waals surface area contributed by atoms with Crippen LogP contribution in [0.1, 0.15) is 17.3 Å². The summed E-state index contributed by atoms with van der Waals surface area (Å²) in [6.07, 6.45) is 0.683. The van der Waals surface area contributed by atoms with Crippen LogP contribution in [0.25, 0.3) is 0 Å². The van der Waals surface area contributed by atoms with Crippen molar-refractivity contribution in [3.05, 3.63) is 41.5 Å². The predicted octanol–water partition coefficient (Wildman–Crippen LogP) is 1.61. The average molecular weight is 272 g/mol. The maximum absolute atomic E-state index is 8.55. The van der Waals surface area contributed by atoms with Crippen LogP contribution in [-0.2, 0) is 13.0 Å². The molecule has 0 bridgehead atoms. The molecule has 20 heavy (non-hydrogen) atoms. The van der Waals surface area contributed by atoms with E-state index in [0.29, 0.717) is 24.7 Å². The lowest BCUT2D eigenvalue weighted by Gasteiger charge is -2.09. The van der Waals surface area contributed by atoms with Gasteiger partial charge in [0.05, 0.1) is 0 Å². The molecule has 2 aromatic rings. The molecule has 0 aliphatic heterocycles. The molecule has 6 heteroatoms. The van der Waals surface area contributed by atoms with Crippen LogP contribution in [0, 0.1) is 18.3 Å². The zero-order valence-corrected chi connectivity index (χ0v) is 11.3. The van der Waals surface area contributed by atoms with E-state index in [4.69, 9.17) is 14.5 Å². The van der Waals surface area contributed by atoms with Crippen molar-refractivity contribution < 1.29 is 9.26 Å². The second kappa shape index (κ2) is 7.26. The van der Waals surface area contributed by atoms with Crippen LogP contribution < -0.4 is 10.1 Å². The van der Waals surface area contributed by atoms with Gasteiger partial charge in [-0.15, -0.1) is 0 Å². The van der Waals surface area contributed by atoms with Gasteiger partial charge in [-0.25, -0.2) is 0 Å². The Bertz CT molecular complexity index is 589. The molecule has 6 nitrogen and oxygen atoms in total. The molecule has 0 radical (unpaired) electrons. The van der Waals surface area contributed by atoms with Crippen molar-refractivity contribution in [2.24, 2.45) is 0 Å². The number of hydrogen-bond acceptors (Lipinski definition) is 6. The van der Waals surface area contributed by atoms with Gasteiger partial charge in [-0.1, -0.05) is 23.4 Å². The summed E-state index contributed by atoms with van der Waals surface area (Å²) in [5.41, 5.74) is 1.02. The number of nitriles is 1. The second-order valence-corrected chi connectivity index (χ2v) is 4.22. The van der Waals surface area contributed by atoms with Gasteiger partial charge in [0.2, 0.25) is 5.89 Å². The highest BCUT2D eigenvalue weighted by atomic mass is 16.5. The molecule has 1 N–H and O–H groups in total. The second-order valence-electron chi connectivity index (χ2n) is 4.22. The van der Waals surface area contributed by atoms with Crippen molar-refractivity contribution in [1.29, 1.82) is 5.26 Å². The van der Waals surface area contributed by atoms with Gasteiger partial charge in [-0.3, -0.25) is 0 Å². The average Bonchev–Trinajstić information content (AvgIpc) is 2.88. The highest BCUT2D eigenvalue weighted by molar-refractivity contribution is 5.33. The fourth-order valence-electron chi connectivity index (χ4n) is 1.76. The Morgan fingerprint density at radius 1 is 1.40 bits per heavy atom. The first-order chi connectivity index (χ1) is 9.79. The van der Waals surface area contributed by atoms with Crippen molar-refractivity contribution in [2.45, 2.75) is 19.9 Å². The van der Waals surface area contributed by atoms with Crippen LogP contribution in [-0.4, -0.2) is 23.3 Å². The number of rotatable bonds is 7. The molecule has 0 fully saturated rings. The molecule has 0 aliphatic carbocycles. The minimum atomic E-state index is 0.0538. The van der Waals surface area contributed by atoms with Crippen molar-refractivity contribution in [3.8, 4) is 11.8 Å². The van der Waals surface area contributed by atoms with E-state index in [0.717, 1.165) is 17.9 Å². The molecule has 0 aliphatic rings. The molecule has 0 atom stereocenters. The normalized spacial score (nSPS) is 10.2. The number of para-hydroxylation sites is 1. The summed E-state index contributed by atoms with van der Waals surface area (Å²) in [6.45, 7) is 3.24. The largest absolute Gasteiger partial charge is 0.478 e. The van der Waals surface area contributed by atoms with Crippen LogP contribution in [0.5, 0.6) is 5.75 Å². The van der Waals surface area contributed by atoms with E-state index < -0.39 is 0 Å². The Morgan fingerprint density at radius 2 is 2.25 bits per heavy atom. The van der Waals surface area contributed by atoms with Gasteiger partial charge >= 0.3 is 0 Å². The van der Waals surface area contributed by atoms with Crippen LogP contribution in [0.4, 0.5) is 0 Å². The van der Waals surface area contributed by atoms with Crippen LogP contribution in [0.2, 0.25) is 0 Å². The summed E-state index contributed by atoms with van der Waals surface area (Å²) in [4.78, 5) is 4.13. The number of hydrogen-bond donors (Lipinski definition) is 1. The Morgan fingerprint density at radius 3 is 3.00 bits per heavy atom. The topological polar surface area (TPSA) is 84.0 Å². The number of aromatic nitrogens is 2. The third kappa shape index (κ3) is 4.07. The van der Waals surface area contributed by atoms with E-state index in [-0.39, 0.29) is 6.61 Å². The molecular formula is C14H16N4O2. The van der Waals surface area contributed by atoms with E-state index in [1.807, 2.05) is 30.3 Å². The molecule has 0 saturated heterocycles. The summed E-state index contributed by atoms with van der Waals surface area (Å²) < 4.78 is 10.4. The van der Waals surface area contributed by atoms with E-state index in [1.165, 1.54) is 0 Å². The predicted molar refractivity (Wildman–Crippen MR) is 72.0 cm³/mol. The Labute approximate surface area is 117 Å². The van der Waals surface area contributed by atoms with E-state index >= 15 is 0 Å². The fraction of sp³-hybridized carbons (Fsp3) is 0.357. The highest BCUT2D eigenvalue weighted by Gasteiger charge is 2.04. The zero-order chi connectivity index (χ0) is 14.2. The van der Waals surface area contributed by atoms with Gasteiger partial charge in [0.15, 0.2) is 12.4 Å². The quantitative estimate of drug-likeness (QED) is 0.771. The van der Waals surface area contributed by atoms with Gasteiger partial charge in [0.25, 0.3) is 0 Å². The molecule has 0 saturated carbocycles. The molecule has 1 aromatic carbocycles. The minimum Gasteiger partial charge on any atom is -0.478 e. The van der Waals surface area contributed by atoms with E-state index in [2.05, 4.69) is 15.5 Å². The first-order valence-corrected chi connectivity index (χ1v) is 6.37. The molecule has 104 valence electrons. The van der Waals surface area contributed by atoms with Crippen molar-refractivity contribution >= 4 is 0 Å². The lowest BCUT2D eigenvalue weighted by atomic mass is 10.2. The fourth-order valence-corrected chi connectivity index (χ4v) is 1.76. The zero-order valence-electron chi connectivity index (χ0n) is 11.3. The molecular weight excluding hydrogens is 256 g/mol. The first-order valence-electron chi connectivity index (χ1n) is 6.37. The molecule has 0 spiro atoms. The lowest BCUT2D eigenvalue weighted by Crippen LogP contribution is -2.17. The lowest BCUT2D eigenvalue weighted by molar-refractivity contribution is 0.361. The number of nitrogens with zero attached hydrogens (tertiary/aromatic N) is 3. The Kier molecular flexibility index (Phi) is 5.09. The minimum absolute atomic E-state index is 0.0538. The summed E-state index contributed by atoms with van der Waals surface area (Å²) in [5.74, 6) is 2.01. The summed E-state index contributed by atoms with van der Waals surface area (Å²) >= 11 is 0. The molecule has 1 aromatic heterocycles. The smallest absolute Gasteiger partial charge is 0.227 e. The van der Waals surface area contributed by atoms with Crippen LogP contribution in [0.3, 0.4) is 0 Å². The third-order valence-corrected chi connectivity index (χ3v) is 2.67. The Hall–Kier alpha value is -2.39. The number of nitrogens with one attached hydrogen (secondary N) is 1. The molecule has 0 unspecified atom stereocenters. The van der Waals surface area contributed by atoms with E-state index in [9.17, 15) is 0 Å². The maximum atomic E-state index is 8.55. The summed E-state index contributed by atoms with van der Waals surface area (Å²) in [6, 6.07) is 9.62.